The molecule has 4 nitrogen and oxygen atoms in total. The Hall–Kier alpha value is -0.870. The molecular formula is C14H25N3O. The van der Waals surface area contributed by atoms with Crippen LogP contribution in [-0.2, 0) is 11.3 Å². The van der Waals surface area contributed by atoms with Gasteiger partial charge < -0.3 is 4.74 Å². The first kappa shape index (κ1) is 13.6. The molecule has 0 aromatic carbocycles. The van der Waals surface area contributed by atoms with E-state index in [9.17, 15) is 0 Å². The fourth-order valence-electron chi connectivity index (χ4n) is 2.74. The summed E-state index contributed by atoms with van der Waals surface area (Å²) in [4.78, 5) is 2.56. The molecule has 2 heterocycles. The highest BCUT2D eigenvalue weighted by Crippen LogP contribution is 2.21. The molecule has 2 rings (SSSR count). The van der Waals surface area contributed by atoms with Crippen molar-refractivity contribution in [2.45, 2.75) is 39.2 Å². The average Bonchev–Trinajstić information content (AvgIpc) is 2.64. The van der Waals surface area contributed by atoms with Crippen LogP contribution >= 0.6 is 0 Å². The first-order valence-corrected chi connectivity index (χ1v) is 6.99. The van der Waals surface area contributed by atoms with Gasteiger partial charge in [0.25, 0.3) is 0 Å². The first-order valence-electron chi connectivity index (χ1n) is 6.99. The topological polar surface area (TPSA) is 41.1 Å². The minimum absolute atomic E-state index is 0.788. The van der Waals surface area contributed by atoms with Gasteiger partial charge in [0, 0.05) is 26.8 Å². The van der Waals surface area contributed by atoms with Gasteiger partial charge in [-0.15, -0.1) is 0 Å². The van der Waals surface area contributed by atoms with Crippen LogP contribution in [0.25, 0.3) is 0 Å². The molecule has 1 unspecified atom stereocenters. The minimum Gasteiger partial charge on any atom is -0.385 e. The predicted octanol–water partition coefficient (Wildman–Crippen LogP) is 2.36. The smallest absolute Gasteiger partial charge is 0.0521 e. The number of aromatic amines is 1. The number of methoxy groups -OCH3 is 1. The average molecular weight is 251 g/mol. The third kappa shape index (κ3) is 3.82. The van der Waals surface area contributed by atoms with Gasteiger partial charge in [-0.3, -0.25) is 10.00 Å². The summed E-state index contributed by atoms with van der Waals surface area (Å²) in [7, 11) is 1.79. The van der Waals surface area contributed by atoms with Crippen LogP contribution in [0.5, 0.6) is 0 Å². The Morgan fingerprint density at radius 3 is 3.11 bits per heavy atom. The molecule has 1 atom stereocenters. The minimum atomic E-state index is 0.788. The monoisotopic (exact) mass is 251 g/mol. The van der Waals surface area contributed by atoms with Gasteiger partial charge in [0.15, 0.2) is 0 Å². The van der Waals surface area contributed by atoms with E-state index in [1.165, 1.54) is 50.0 Å². The van der Waals surface area contributed by atoms with E-state index in [2.05, 4.69) is 22.0 Å². The Labute approximate surface area is 110 Å². The Morgan fingerprint density at radius 1 is 1.50 bits per heavy atom. The van der Waals surface area contributed by atoms with Gasteiger partial charge in [0.05, 0.1) is 11.9 Å². The second-order valence-corrected chi connectivity index (χ2v) is 5.41. The molecule has 4 heteroatoms. The normalized spacial score (nSPS) is 22.0. The molecule has 102 valence electrons. The van der Waals surface area contributed by atoms with E-state index in [4.69, 9.17) is 4.74 Å². The molecule has 1 aromatic heterocycles. The Morgan fingerprint density at radius 2 is 2.39 bits per heavy atom. The molecule has 1 aliphatic heterocycles. The first-order chi connectivity index (χ1) is 8.79. The Bertz CT molecular complexity index is 351. The number of aromatic nitrogens is 2. The van der Waals surface area contributed by atoms with E-state index in [0.29, 0.717) is 0 Å². The summed E-state index contributed by atoms with van der Waals surface area (Å²) < 4.78 is 5.21. The summed E-state index contributed by atoms with van der Waals surface area (Å²) >= 11 is 0. The Balaban J connectivity index is 1.88. The zero-order valence-corrected chi connectivity index (χ0v) is 11.6. The van der Waals surface area contributed by atoms with Crippen LogP contribution in [0.2, 0.25) is 0 Å². The number of H-pyrrole nitrogens is 1. The predicted molar refractivity (Wildman–Crippen MR) is 72.4 cm³/mol. The molecule has 18 heavy (non-hydrogen) atoms. The molecule has 0 saturated carbocycles. The largest absolute Gasteiger partial charge is 0.385 e. The van der Waals surface area contributed by atoms with Crippen molar-refractivity contribution in [1.82, 2.24) is 15.1 Å². The van der Waals surface area contributed by atoms with Crippen molar-refractivity contribution in [2.75, 3.05) is 26.8 Å². The molecule has 1 fully saturated rings. The quantitative estimate of drug-likeness (QED) is 0.873. The second-order valence-electron chi connectivity index (χ2n) is 5.41. The van der Waals surface area contributed by atoms with Gasteiger partial charge in [0.1, 0.15) is 0 Å². The summed E-state index contributed by atoms with van der Waals surface area (Å²) in [5, 5.41) is 7.22. The van der Waals surface area contributed by atoms with E-state index in [1.807, 2.05) is 6.20 Å². The van der Waals surface area contributed by atoms with Gasteiger partial charge in [0.2, 0.25) is 0 Å². The molecule has 1 N–H and O–H groups in total. The fourth-order valence-corrected chi connectivity index (χ4v) is 2.74. The molecule has 1 aromatic rings. The van der Waals surface area contributed by atoms with Crippen molar-refractivity contribution in [2.24, 2.45) is 5.92 Å². The highest BCUT2D eigenvalue weighted by Gasteiger charge is 2.18. The van der Waals surface area contributed by atoms with Crippen LogP contribution in [0.4, 0.5) is 0 Å². The molecule has 0 aliphatic carbocycles. The summed E-state index contributed by atoms with van der Waals surface area (Å²) in [5.74, 6) is 0.788. The number of aryl methyl sites for hydroxylation is 1. The zero-order valence-electron chi connectivity index (χ0n) is 11.6. The molecule has 1 aliphatic rings. The molecule has 0 amide bonds. The summed E-state index contributed by atoms with van der Waals surface area (Å²) in [5.41, 5.74) is 2.54. The van der Waals surface area contributed by atoms with Crippen molar-refractivity contribution >= 4 is 0 Å². The Kier molecular flexibility index (Phi) is 5.20. The van der Waals surface area contributed by atoms with E-state index >= 15 is 0 Å². The van der Waals surface area contributed by atoms with Crippen LogP contribution in [0.1, 0.15) is 36.9 Å². The molecular weight excluding hydrogens is 226 g/mol. The number of nitrogens with zero attached hydrogens (tertiary/aromatic N) is 2. The zero-order chi connectivity index (χ0) is 12.8. The third-order valence-corrected chi connectivity index (χ3v) is 3.90. The number of nitrogens with one attached hydrogen (secondary N) is 1. The highest BCUT2D eigenvalue weighted by atomic mass is 16.5. The molecule has 0 radical (unpaired) electrons. The maximum absolute atomic E-state index is 5.21. The SMILES string of the molecule is COCCC1CCCCN(Cc2[nH]ncc2C)C1. The van der Waals surface area contributed by atoms with Gasteiger partial charge >= 0.3 is 0 Å². The standard InChI is InChI=1S/C14H25N3O/c1-12-9-15-16-14(12)11-17-7-4-3-5-13(10-17)6-8-18-2/h9,13H,3-8,10-11H2,1-2H3,(H,15,16). The number of likely N-dealkylation sites (tertiary alicyclic amines) is 1. The lowest BCUT2D eigenvalue weighted by molar-refractivity contribution is 0.158. The maximum atomic E-state index is 5.21. The number of hydrogen-bond donors (Lipinski definition) is 1. The lowest BCUT2D eigenvalue weighted by Crippen LogP contribution is -2.29. The van der Waals surface area contributed by atoms with E-state index in [1.54, 1.807) is 7.11 Å². The van der Waals surface area contributed by atoms with Gasteiger partial charge in [-0.05, 0) is 44.2 Å². The van der Waals surface area contributed by atoms with Crippen molar-refractivity contribution < 1.29 is 4.74 Å². The third-order valence-electron chi connectivity index (χ3n) is 3.90. The van der Waals surface area contributed by atoms with Gasteiger partial charge in [-0.1, -0.05) is 6.42 Å². The van der Waals surface area contributed by atoms with Crippen molar-refractivity contribution in [3.8, 4) is 0 Å². The lowest BCUT2D eigenvalue weighted by Gasteiger charge is -2.23. The maximum Gasteiger partial charge on any atom is 0.0521 e. The summed E-state index contributed by atoms with van der Waals surface area (Å²) in [6, 6.07) is 0. The fraction of sp³-hybridized carbons (Fsp3) is 0.786. The van der Waals surface area contributed by atoms with Crippen LogP contribution in [-0.4, -0.2) is 41.9 Å². The van der Waals surface area contributed by atoms with Crippen LogP contribution in [0.15, 0.2) is 6.20 Å². The molecule has 1 saturated heterocycles. The summed E-state index contributed by atoms with van der Waals surface area (Å²) in [6.45, 7) is 6.43. The van der Waals surface area contributed by atoms with Crippen molar-refractivity contribution in [3.63, 3.8) is 0 Å². The van der Waals surface area contributed by atoms with E-state index < -0.39 is 0 Å². The van der Waals surface area contributed by atoms with Crippen LogP contribution < -0.4 is 0 Å². The number of ether oxygens (including phenoxy) is 1. The molecule has 0 bridgehead atoms. The van der Waals surface area contributed by atoms with E-state index in [-0.39, 0.29) is 0 Å². The van der Waals surface area contributed by atoms with Crippen molar-refractivity contribution in [3.05, 3.63) is 17.5 Å². The summed E-state index contributed by atoms with van der Waals surface area (Å²) in [6.07, 6.45) is 7.12. The number of rotatable bonds is 5. The highest BCUT2D eigenvalue weighted by molar-refractivity contribution is 5.13. The lowest BCUT2D eigenvalue weighted by atomic mass is 10.00. The van der Waals surface area contributed by atoms with Crippen LogP contribution in [0, 0.1) is 12.8 Å². The van der Waals surface area contributed by atoms with Gasteiger partial charge in [-0.2, -0.15) is 5.10 Å². The van der Waals surface area contributed by atoms with Crippen LogP contribution in [0.3, 0.4) is 0 Å². The second kappa shape index (κ2) is 6.90. The van der Waals surface area contributed by atoms with E-state index in [0.717, 1.165) is 19.1 Å². The van der Waals surface area contributed by atoms with Gasteiger partial charge in [-0.25, -0.2) is 0 Å². The molecule has 0 spiro atoms. The number of hydrogen-bond acceptors (Lipinski definition) is 3. The van der Waals surface area contributed by atoms with Crippen molar-refractivity contribution in [1.29, 1.82) is 0 Å².